The lowest BCUT2D eigenvalue weighted by Gasteiger charge is -2.11. The van der Waals surface area contributed by atoms with Gasteiger partial charge in [-0.1, -0.05) is 0 Å². The van der Waals surface area contributed by atoms with E-state index in [1.54, 1.807) is 22.6 Å². The smallest absolute Gasteiger partial charge is 0.494 e. The Labute approximate surface area is 105 Å². The third-order valence-electron chi connectivity index (χ3n) is 1.30. The molecule has 0 spiro atoms. The van der Waals surface area contributed by atoms with Crippen LogP contribution in [0, 0.1) is 3.57 Å². The third-order valence-corrected chi connectivity index (χ3v) is 2.64. The SMILES string of the molecule is COc1cc(I)c(OC(F)(F)F)nc1Br. The molecule has 1 aromatic rings. The van der Waals surface area contributed by atoms with Gasteiger partial charge in [-0.25, -0.2) is 4.98 Å². The molecule has 84 valence electrons. The van der Waals surface area contributed by atoms with Crippen molar-refractivity contribution < 1.29 is 22.6 Å². The fourth-order valence-corrected chi connectivity index (χ4v) is 1.71. The van der Waals surface area contributed by atoms with Crippen LogP contribution in [0.25, 0.3) is 0 Å². The maximum Gasteiger partial charge on any atom is 0.574 e. The molecule has 0 aliphatic rings. The van der Waals surface area contributed by atoms with Crippen molar-refractivity contribution in [2.75, 3.05) is 7.11 Å². The van der Waals surface area contributed by atoms with Crippen LogP contribution in [0.4, 0.5) is 13.2 Å². The van der Waals surface area contributed by atoms with Crippen LogP contribution in [0.3, 0.4) is 0 Å². The molecule has 8 heteroatoms. The average Bonchev–Trinajstić information content (AvgIpc) is 2.08. The Morgan fingerprint density at radius 3 is 2.53 bits per heavy atom. The molecule has 0 N–H and O–H groups in total. The summed E-state index contributed by atoms with van der Waals surface area (Å²) in [5, 5.41) is 0. The van der Waals surface area contributed by atoms with Crippen LogP contribution in [0.15, 0.2) is 10.7 Å². The number of hydrogen-bond donors (Lipinski definition) is 0. The molecule has 0 saturated carbocycles. The minimum atomic E-state index is -4.75. The van der Waals surface area contributed by atoms with Crippen molar-refractivity contribution in [3.8, 4) is 11.6 Å². The van der Waals surface area contributed by atoms with Gasteiger partial charge in [0.15, 0.2) is 10.4 Å². The quantitative estimate of drug-likeness (QED) is 0.566. The van der Waals surface area contributed by atoms with Crippen molar-refractivity contribution in [3.05, 3.63) is 14.2 Å². The van der Waals surface area contributed by atoms with E-state index in [9.17, 15) is 13.2 Å². The van der Waals surface area contributed by atoms with E-state index in [0.29, 0.717) is 5.75 Å². The number of pyridine rings is 1. The van der Waals surface area contributed by atoms with Gasteiger partial charge in [0.25, 0.3) is 0 Å². The van der Waals surface area contributed by atoms with Crippen LogP contribution in [0.1, 0.15) is 0 Å². The Morgan fingerprint density at radius 2 is 2.07 bits per heavy atom. The number of halogens is 5. The normalized spacial score (nSPS) is 11.3. The molecule has 1 rings (SSSR count). The molecule has 0 atom stereocenters. The highest BCUT2D eigenvalue weighted by atomic mass is 127. The minimum absolute atomic E-state index is 0.157. The summed E-state index contributed by atoms with van der Waals surface area (Å²) in [6, 6.07) is 1.39. The van der Waals surface area contributed by atoms with Crippen LogP contribution in [-0.2, 0) is 0 Å². The van der Waals surface area contributed by atoms with E-state index in [4.69, 9.17) is 4.74 Å². The maximum absolute atomic E-state index is 11.9. The molecule has 0 aliphatic carbocycles. The number of ether oxygens (including phenoxy) is 2. The molecule has 0 aromatic carbocycles. The van der Waals surface area contributed by atoms with Crippen LogP contribution in [-0.4, -0.2) is 18.5 Å². The predicted molar refractivity (Wildman–Crippen MR) is 57.9 cm³/mol. The van der Waals surface area contributed by atoms with Gasteiger partial charge in [0, 0.05) is 6.07 Å². The lowest BCUT2D eigenvalue weighted by atomic mass is 10.4. The first kappa shape index (κ1) is 12.8. The fourth-order valence-electron chi connectivity index (χ4n) is 0.758. The maximum atomic E-state index is 11.9. The van der Waals surface area contributed by atoms with Crippen molar-refractivity contribution in [2.45, 2.75) is 6.36 Å². The van der Waals surface area contributed by atoms with E-state index in [1.165, 1.54) is 13.2 Å². The van der Waals surface area contributed by atoms with Gasteiger partial charge in [0.2, 0.25) is 5.88 Å². The van der Waals surface area contributed by atoms with Crippen LogP contribution in [0.2, 0.25) is 0 Å². The molecule has 0 aliphatic heterocycles. The van der Waals surface area contributed by atoms with E-state index in [2.05, 4.69) is 25.7 Å². The third kappa shape index (κ3) is 3.67. The Kier molecular flexibility index (Phi) is 4.04. The highest BCUT2D eigenvalue weighted by Gasteiger charge is 2.33. The first-order valence-electron chi connectivity index (χ1n) is 3.49. The summed E-state index contributed by atoms with van der Waals surface area (Å²) in [4.78, 5) is 3.57. The van der Waals surface area contributed by atoms with Crippen LogP contribution >= 0.6 is 38.5 Å². The second-order valence-corrected chi connectivity index (χ2v) is 4.23. The van der Waals surface area contributed by atoms with Gasteiger partial charge < -0.3 is 9.47 Å². The summed E-state index contributed by atoms with van der Waals surface area (Å²) in [5.74, 6) is -0.162. The monoisotopic (exact) mass is 397 g/mol. The van der Waals surface area contributed by atoms with Crippen molar-refractivity contribution in [1.29, 1.82) is 0 Å². The molecule has 0 bridgehead atoms. The van der Waals surface area contributed by atoms with Crippen molar-refractivity contribution in [2.24, 2.45) is 0 Å². The predicted octanol–water partition coefficient (Wildman–Crippen LogP) is 3.36. The number of alkyl halides is 3. The van der Waals surface area contributed by atoms with Crippen LogP contribution in [0.5, 0.6) is 11.6 Å². The molecular weight excluding hydrogens is 394 g/mol. The zero-order valence-electron chi connectivity index (χ0n) is 7.23. The molecule has 0 unspecified atom stereocenters. The van der Waals surface area contributed by atoms with Gasteiger partial charge in [-0.15, -0.1) is 13.2 Å². The molecule has 1 aromatic heterocycles. The summed E-state index contributed by atoms with van der Waals surface area (Å²) in [6.07, 6.45) is -4.75. The summed E-state index contributed by atoms with van der Waals surface area (Å²) in [6.45, 7) is 0. The lowest BCUT2D eigenvalue weighted by Crippen LogP contribution is -2.18. The summed E-state index contributed by atoms with van der Waals surface area (Å²) in [5.41, 5.74) is 0. The highest BCUT2D eigenvalue weighted by Crippen LogP contribution is 2.32. The first-order valence-corrected chi connectivity index (χ1v) is 5.36. The number of nitrogens with zero attached hydrogens (tertiary/aromatic N) is 1. The number of methoxy groups -OCH3 is 1. The first-order chi connectivity index (χ1) is 6.83. The summed E-state index contributed by atoms with van der Waals surface area (Å²) in [7, 11) is 1.39. The van der Waals surface area contributed by atoms with E-state index in [0.717, 1.165) is 0 Å². The molecule has 3 nitrogen and oxygen atoms in total. The Hall–Kier alpha value is -0.250. The highest BCUT2D eigenvalue weighted by molar-refractivity contribution is 14.1. The van der Waals surface area contributed by atoms with Gasteiger partial charge in [-0.05, 0) is 38.5 Å². The topological polar surface area (TPSA) is 31.4 Å². The van der Waals surface area contributed by atoms with Gasteiger partial charge in [-0.3, -0.25) is 0 Å². The molecule has 1 heterocycles. The molecular formula is C7H4BrF3INO2. The Morgan fingerprint density at radius 1 is 1.47 bits per heavy atom. The van der Waals surface area contributed by atoms with E-state index in [1.807, 2.05) is 0 Å². The molecule has 0 saturated heterocycles. The van der Waals surface area contributed by atoms with Crippen LogP contribution < -0.4 is 9.47 Å². The average molecular weight is 398 g/mol. The number of rotatable bonds is 2. The fraction of sp³-hybridized carbons (Fsp3) is 0.286. The van der Waals surface area contributed by atoms with Crippen molar-refractivity contribution in [1.82, 2.24) is 4.98 Å². The largest absolute Gasteiger partial charge is 0.574 e. The number of hydrogen-bond acceptors (Lipinski definition) is 3. The van der Waals surface area contributed by atoms with Gasteiger partial charge in [0.1, 0.15) is 0 Å². The number of aromatic nitrogens is 1. The second-order valence-electron chi connectivity index (χ2n) is 2.32. The van der Waals surface area contributed by atoms with Crippen molar-refractivity contribution >= 4 is 38.5 Å². The second kappa shape index (κ2) is 4.73. The molecule has 0 fully saturated rings. The van der Waals surface area contributed by atoms with Gasteiger partial charge >= 0.3 is 6.36 Å². The Bertz CT molecular complexity index is 372. The minimum Gasteiger partial charge on any atom is -0.494 e. The Balaban J connectivity index is 3.05. The van der Waals surface area contributed by atoms with Gasteiger partial charge in [0.05, 0.1) is 10.7 Å². The molecule has 0 amide bonds. The summed E-state index contributed by atoms with van der Waals surface area (Å²) >= 11 is 4.64. The standard InChI is InChI=1S/C7H4BrF3INO2/c1-14-4-2-3(12)6(13-5(4)8)15-7(9,10)11/h2H,1H3. The van der Waals surface area contributed by atoms with E-state index in [-0.39, 0.29) is 8.17 Å². The lowest BCUT2D eigenvalue weighted by molar-refractivity contribution is -0.276. The molecule has 15 heavy (non-hydrogen) atoms. The zero-order chi connectivity index (χ0) is 11.6. The summed E-state index contributed by atoms with van der Waals surface area (Å²) < 4.78 is 44.7. The zero-order valence-corrected chi connectivity index (χ0v) is 11.0. The van der Waals surface area contributed by atoms with Gasteiger partial charge in [-0.2, -0.15) is 0 Å². The molecule has 0 radical (unpaired) electrons. The van der Waals surface area contributed by atoms with E-state index < -0.39 is 12.2 Å². The van der Waals surface area contributed by atoms with Crippen molar-refractivity contribution in [3.63, 3.8) is 0 Å². The van der Waals surface area contributed by atoms with E-state index >= 15 is 0 Å².